The topological polar surface area (TPSA) is 78.9 Å². The van der Waals surface area contributed by atoms with Gasteiger partial charge in [-0.3, -0.25) is 14.4 Å². The smallest absolute Gasteiger partial charge is 0.309 e. The average molecular weight is 972 g/mol. The molecule has 6 heteroatoms. The monoisotopic (exact) mass is 971 g/mol. The first-order valence-electron chi connectivity index (χ1n) is 28.9. The first-order chi connectivity index (χ1) is 34.5. The molecule has 0 aromatic carbocycles. The van der Waals surface area contributed by atoms with Crippen molar-refractivity contribution in [1.82, 2.24) is 0 Å². The van der Waals surface area contributed by atoms with Crippen LogP contribution in [0.2, 0.25) is 0 Å². The van der Waals surface area contributed by atoms with Crippen LogP contribution in [0.25, 0.3) is 0 Å². The number of esters is 3. The Morgan fingerprint density at radius 2 is 0.614 bits per heavy atom. The third-order valence-corrected chi connectivity index (χ3v) is 12.0. The molecule has 1 unspecified atom stereocenters. The molecule has 398 valence electrons. The molecule has 0 fully saturated rings. The highest BCUT2D eigenvalue weighted by Crippen LogP contribution is 2.14. The van der Waals surface area contributed by atoms with Crippen molar-refractivity contribution in [2.75, 3.05) is 13.2 Å². The van der Waals surface area contributed by atoms with Crippen molar-refractivity contribution in [2.24, 2.45) is 0 Å². The SMILES string of the molecule is CC/C=C\C/C=C\C/C=C\C/C=C\C/C=C\CC(=O)OCC(COC(=O)CCCCCCCC/C=C\C/C=C\C/C=C\CCCCC)OC(=O)CCCCCCCCC/C=C\CCCCCCCCC. The Morgan fingerprint density at radius 3 is 1.04 bits per heavy atom. The molecule has 0 heterocycles. The van der Waals surface area contributed by atoms with Gasteiger partial charge in [0.25, 0.3) is 0 Å². The Bertz CT molecular complexity index is 1440. The lowest BCUT2D eigenvalue weighted by Crippen LogP contribution is -2.30. The zero-order valence-electron chi connectivity index (χ0n) is 45.5. The van der Waals surface area contributed by atoms with Gasteiger partial charge in [-0.15, -0.1) is 0 Å². The summed E-state index contributed by atoms with van der Waals surface area (Å²) < 4.78 is 16.8. The second kappa shape index (κ2) is 57.6. The predicted molar refractivity (Wildman–Crippen MR) is 302 cm³/mol. The van der Waals surface area contributed by atoms with E-state index in [0.29, 0.717) is 12.8 Å². The van der Waals surface area contributed by atoms with Crippen molar-refractivity contribution in [2.45, 2.75) is 264 Å². The fourth-order valence-electron chi connectivity index (χ4n) is 7.69. The van der Waals surface area contributed by atoms with E-state index in [9.17, 15) is 14.4 Å². The number of hydrogen-bond donors (Lipinski definition) is 0. The summed E-state index contributed by atoms with van der Waals surface area (Å²) in [5.41, 5.74) is 0. The van der Waals surface area contributed by atoms with E-state index in [1.807, 2.05) is 6.08 Å². The first-order valence-corrected chi connectivity index (χ1v) is 28.9. The second-order valence-corrected chi connectivity index (χ2v) is 18.8. The van der Waals surface area contributed by atoms with Crippen molar-refractivity contribution in [3.8, 4) is 0 Å². The Kier molecular flexibility index (Phi) is 54.4. The van der Waals surface area contributed by atoms with Crippen molar-refractivity contribution in [3.63, 3.8) is 0 Å². The van der Waals surface area contributed by atoms with Gasteiger partial charge in [-0.2, -0.15) is 0 Å². The molecule has 0 saturated heterocycles. The van der Waals surface area contributed by atoms with Crippen LogP contribution < -0.4 is 0 Å². The Labute approximate surface area is 431 Å². The fourth-order valence-corrected chi connectivity index (χ4v) is 7.69. The molecule has 1 atom stereocenters. The van der Waals surface area contributed by atoms with Crippen molar-refractivity contribution in [1.29, 1.82) is 0 Å². The van der Waals surface area contributed by atoms with Crippen LogP contribution in [0.3, 0.4) is 0 Å². The van der Waals surface area contributed by atoms with Crippen LogP contribution in [0.4, 0.5) is 0 Å². The normalized spacial score (nSPS) is 12.9. The van der Waals surface area contributed by atoms with E-state index in [-0.39, 0.29) is 31.6 Å². The maximum absolute atomic E-state index is 12.9. The summed E-state index contributed by atoms with van der Waals surface area (Å²) in [6.45, 7) is 6.40. The molecule has 0 aromatic rings. The van der Waals surface area contributed by atoms with E-state index in [1.165, 1.54) is 122 Å². The Balaban J connectivity index is 4.51. The Morgan fingerprint density at radius 1 is 0.314 bits per heavy atom. The molecule has 0 rings (SSSR count). The molecule has 0 radical (unpaired) electrons. The molecule has 0 spiro atoms. The second-order valence-electron chi connectivity index (χ2n) is 18.8. The highest BCUT2D eigenvalue weighted by atomic mass is 16.6. The standard InChI is InChI=1S/C64H106O6/c1-4-7-10-13-16-19-22-25-28-30-32-34-36-39-42-45-48-51-54-57-63(66)69-60-61(59-68-62(65)56-53-50-47-44-41-38-35-27-24-21-18-15-12-9-6-3)70-64(67)58-55-52-49-46-43-40-37-33-31-29-26-23-20-17-14-11-8-5-2/h9,12,16,18-19,21,25,27-29,31-32,34-35,41,44,50,53,61H,4-8,10-11,13-15,17,20,22-24,26,30,33,36-40,42-43,45-49,51-52,54-60H2,1-3H3/b12-9-,19-16-,21-18-,28-25-,31-29-,34-32-,35-27-,44-41-,53-50-. The molecule has 6 nitrogen and oxygen atoms in total. The number of carbonyl (C=O) groups is 3. The van der Waals surface area contributed by atoms with Gasteiger partial charge < -0.3 is 14.2 Å². The fraction of sp³-hybridized carbons (Fsp3) is 0.672. The van der Waals surface area contributed by atoms with Crippen LogP contribution in [-0.2, 0) is 28.6 Å². The van der Waals surface area contributed by atoms with Crippen LogP contribution in [-0.4, -0.2) is 37.2 Å². The van der Waals surface area contributed by atoms with Crippen LogP contribution >= 0.6 is 0 Å². The van der Waals surface area contributed by atoms with Crippen LogP contribution in [0, 0.1) is 0 Å². The van der Waals surface area contributed by atoms with Crippen LogP contribution in [0.1, 0.15) is 258 Å². The summed E-state index contributed by atoms with van der Waals surface area (Å²) in [4.78, 5) is 38.1. The third kappa shape index (κ3) is 55.0. The summed E-state index contributed by atoms with van der Waals surface area (Å²) in [7, 11) is 0. The van der Waals surface area contributed by atoms with Gasteiger partial charge in [0.2, 0.25) is 0 Å². The van der Waals surface area contributed by atoms with Crippen molar-refractivity contribution < 1.29 is 28.6 Å². The molecule has 0 aliphatic heterocycles. The summed E-state index contributed by atoms with van der Waals surface area (Å²) >= 11 is 0. The zero-order chi connectivity index (χ0) is 50.7. The van der Waals surface area contributed by atoms with Gasteiger partial charge in [-0.1, -0.05) is 239 Å². The molecule has 70 heavy (non-hydrogen) atoms. The van der Waals surface area contributed by atoms with E-state index >= 15 is 0 Å². The molecule has 0 amide bonds. The maximum atomic E-state index is 12.9. The van der Waals surface area contributed by atoms with Crippen LogP contribution in [0.5, 0.6) is 0 Å². The maximum Gasteiger partial charge on any atom is 0.309 e. The summed E-state index contributed by atoms with van der Waals surface area (Å²) in [6, 6.07) is 0. The lowest BCUT2D eigenvalue weighted by Gasteiger charge is -2.18. The number of unbranched alkanes of at least 4 members (excludes halogenated alkanes) is 23. The molecule has 0 aliphatic carbocycles. The average Bonchev–Trinajstić information content (AvgIpc) is 3.36. The summed E-state index contributed by atoms with van der Waals surface area (Å²) in [5, 5.41) is 0. The van der Waals surface area contributed by atoms with E-state index in [2.05, 4.69) is 118 Å². The van der Waals surface area contributed by atoms with Gasteiger partial charge in [-0.25, -0.2) is 0 Å². The molecular weight excluding hydrogens is 865 g/mol. The molecule has 0 aromatic heterocycles. The van der Waals surface area contributed by atoms with Gasteiger partial charge in [0.15, 0.2) is 6.10 Å². The van der Waals surface area contributed by atoms with Crippen LogP contribution in [0.15, 0.2) is 109 Å². The molecule has 0 saturated carbocycles. The number of hydrogen-bond acceptors (Lipinski definition) is 6. The van der Waals surface area contributed by atoms with Crippen molar-refractivity contribution in [3.05, 3.63) is 109 Å². The molecule has 0 N–H and O–H groups in total. The lowest BCUT2D eigenvalue weighted by molar-refractivity contribution is -0.166. The summed E-state index contributed by atoms with van der Waals surface area (Å²) in [6.07, 6.45) is 78.1. The number of carbonyl (C=O) groups excluding carboxylic acids is 3. The third-order valence-electron chi connectivity index (χ3n) is 12.0. The largest absolute Gasteiger partial charge is 0.462 e. The van der Waals surface area contributed by atoms with Gasteiger partial charge in [0.05, 0.1) is 6.42 Å². The van der Waals surface area contributed by atoms with E-state index in [0.717, 1.165) is 96.3 Å². The summed E-state index contributed by atoms with van der Waals surface area (Å²) in [5.74, 6) is -1.07. The van der Waals surface area contributed by atoms with Gasteiger partial charge in [0, 0.05) is 12.8 Å². The minimum absolute atomic E-state index is 0.118. The van der Waals surface area contributed by atoms with Gasteiger partial charge in [0.1, 0.15) is 13.2 Å². The highest BCUT2D eigenvalue weighted by Gasteiger charge is 2.19. The lowest BCUT2D eigenvalue weighted by atomic mass is 10.1. The van der Waals surface area contributed by atoms with Gasteiger partial charge >= 0.3 is 17.9 Å². The Hall–Kier alpha value is -3.93. The van der Waals surface area contributed by atoms with E-state index in [1.54, 1.807) is 6.08 Å². The quantitative estimate of drug-likeness (QED) is 0.0262. The van der Waals surface area contributed by atoms with E-state index < -0.39 is 12.1 Å². The predicted octanol–water partition coefficient (Wildman–Crippen LogP) is 19.5. The minimum atomic E-state index is -0.828. The molecular formula is C64H106O6. The molecule has 0 bridgehead atoms. The minimum Gasteiger partial charge on any atom is -0.462 e. The first kappa shape index (κ1) is 66.1. The number of ether oxygens (including phenoxy) is 3. The number of allylic oxidation sites excluding steroid dienone is 17. The molecule has 0 aliphatic rings. The van der Waals surface area contributed by atoms with E-state index in [4.69, 9.17) is 14.2 Å². The zero-order valence-corrected chi connectivity index (χ0v) is 45.5. The van der Waals surface area contributed by atoms with Crippen molar-refractivity contribution >= 4 is 17.9 Å². The highest BCUT2D eigenvalue weighted by molar-refractivity contribution is 5.72. The van der Waals surface area contributed by atoms with Gasteiger partial charge in [-0.05, 0) is 109 Å². The number of rotatable bonds is 51.